The van der Waals surface area contributed by atoms with Gasteiger partial charge in [0, 0.05) is 19.1 Å². The summed E-state index contributed by atoms with van der Waals surface area (Å²) in [6.07, 6.45) is 8.54. The zero-order valence-corrected chi connectivity index (χ0v) is 13.3. The summed E-state index contributed by atoms with van der Waals surface area (Å²) in [7, 11) is 0. The molecule has 1 atom stereocenters. The fraction of sp³-hybridized carbons (Fsp3) is 1.00. The summed E-state index contributed by atoms with van der Waals surface area (Å²) in [5.41, 5.74) is 0. The molecule has 1 N–H and O–H groups in total. The van der Waals surface area contributed by atoms with Gasteiger partial charge in [0.25, 0.3) is 0 Å². The van der Waals surface area contributed by atoms with Gasteiger partial charge in [-0.25, -0.2) is 0 Å². The highest BCUT2D eigenvalue weighted by Crippen LogP contribution is 2.29. The van der Waals surface area contributed by atoms with Crippen molar-refractivity contribution < 1.29 is 0 Å². The normalized spacial score (nSPS) is 34.4. The Balaban J connectivity index is 1.77. The first-order chi connectivity index (χ1) is 9.13. The van der Waals surface area contributed by atoms with Crippen molar-refractivity contribution in [3.05, 3.63) is 0 Å². The maximum atomic E-state index is 3.75. The lowest BCUT2D eigenvalue weighted by Crippen LogP contribution is -2.40. The van der Waals surface area contributed by atoms with Crippen LogP contribution in [-0.4, -0.2) is 37.1 Å². The summed E-state index contributed by atoms with van der Waals surface area (Å²) in [4.78, 5) is 2.76. The average Bonchev–Trinajstić information content (AvgIpc) is 2.57. The van der Waals surface area contributed by atoms with Gasteiger partial charge in [-0.3, -0.25) is 0 Å². The first-order valence-electron chi connectivity index (χ1n) is 8.59. The van der Waals surface area contributed by atoms with Crippen LogP contribution in [0.1, 0.15) is 59.3 Å². The molecule has 0 amide bonds. The molecule has 112 valence electrons. The molecular formula is C17H34N2. The Bertz CT molecular complexity index is 244. The quantitative estimate of drug-likeness (QED) is 0.837. The van der Waals surface area contributed by atoms with E-state index in [4.69, 9.17) is 0 Å². The molecule has 0 aromatic rings. The number of rotatable bonds is 4. The third-order valence-corrected chi connectivity index (χ3v) is 4.97. The van der Waals surface area contributed by atoms with E-state index in [1.165, 1.54) is 64.7 Å². The fourth-order valence-electron chi connectivity index (χ4n) is 3.85. The van der Waals surface area contributed by atoms with Crippen LogP contribution in [0.4, 0.5) is 0 Å². The van der Waals surface area contributed by atoms with Crippen LogP contribution >= 0.6 is 0 Å². The van der Waals surface area contributed by atoms with Gasteiger partial charge in [0.1, 0.15) is 0 Å². The van der Waals surface area contributed by atoms with E-state index in [1.54, 1.807) is 0 Å². The molecule has 1 heterocycles. The van der Waals surface area contributed by atoms with Crippen LogP contribution < -0.4 is 5.32 Å². The van der Waals surface area contributed by atoms with E-state index in [-0.39, 0.29) is 0 Å². The predicted octanol–water partition coefficient (Wildman–Crippen LogP) is 3.52. The SMILES string of the molecule is CC(C)CC1CN(CC2CCC(C)CC2)CCCN1. The number of nitrogens with one attached hydrogen (secondary N) is 1. The lowest BCUT2D eigenvalue weighted by Gasteiger charge is -2.32. The van der Waals surface area contributed by atoms with Gasteiger partial charge in [-0.05, 0) is 56.5 Å². The monoisotopic (exact) mass is 266 g/mol. The lowest BCUT2D eigenvalue weighted by atomic mass is 9.83. The van der Waals surface area contributed by atoms with Crippen molar-refractivity contribution in [3.8, 4) is 0 Å². The van der Waals surface area contributed by atoms with E-state index in [9.17, 15) is 0 Å². The average molecular weight is 266 g/mol. The summed E-state index contributed by atoms with van der Waals surface area (Å²) in [5.74, 6) is 2.78. The maximum Gasteiger partial charge on any atom is 0.0197 e. The van der Waals surface area contributed by atoms with Crippen LogP contribution in [0.5, 0.6) is 0 Å². The van der Waals surface area contributed by atoms with Crippen LogP contribution in [0, 0.1) is 17.8 Å². The Labute approximate surface area is 120 Å². The molecule has 0 aromatic carbocycles. The summed E-state index contributed by atoms with van der Waals surface area (Å²) in [6.45, 7) is 12.3. The Morgan fingerprint density at radius 3 is 2.58 bits per heavy atom. The highest BCUT2D eigenvalue weighted by Gasteiger charge is 2.23. The molecule has 2 fully saturated rings. The second-order valence-corrected chi connectivity index (χ2v) is 7.52. The van der Waals surface area contributed by atoms with Gasteiger partial charge < -0.3 is 10.2 Å². The fourth-order valence-corrected chi connectivity index (χ4v) is 3.85. The minimum Gasteiger partial charge on any atom is -0.313 e. The lowest BCUT2D eigenvalue weighted by molar-refractivity contribution is 0.178. The first kappa shape index (κ1) is 15.3. The van der Waals surface area contributed by atoms with Crippen molar-refractivity contribution in [1.82, 2.24) is 10.2 Å². The zero-order chi connectivity index (χ0) is 13.7. The molecule has 0 radical (unpaired) electrons. The van der Waals surface area contributed by atoms with E-state index in [2.05, 4.69) is 31.0 Å². The van der Waals surface area contributed by atoms with E-state index >= 15 is 0 Å². The van der Waals surface area contributed by atoms with Crippen molar-refractivity contribution in [2.45, 2.75) is 65.3 Å². The summed E-state index contributed by atoms with van der Waals surface area (Å²) in [6, 6.07) is 0.727. The number of nitrogens with zero attached hydrogens (tertiary/aromatic N) is 1. The second-order valence-electron chi connectivity index (χ2n) is 7.52. The van der Waals surface area contributed by atoms with Gasteiger partial charge >= 0.3 is 0 Å². The summed E-state index contributed by atoms with van der Waals surface area (Å²) >= 11 is 0. The van der Waals surface area contributed by atoms with Crippen molar-refractivity contribution in [2.24, 2.45) is 17.8 Å². The first-order valence-corrected chi connectivity index (χ1v) is 8.59. The van der Waals surface area contributed by atoms with Crippen molar-refractivity contribution in [1.29, 1.82) is 0 Å². The molecule has 1 aliphatic carbocycles. The van der Waals surface area contributed by atoms with Gasteiger partial charge in [0.15, 0.2) is 0 Å². The van der Waals surface area contributed by atoms with Crippen LogP contribution in [0.2, 0.25) is 0 Å². The van der Waals surface area contributed by atoms with Gasteiger partial charge in [-0.2, -0.15) is 0 Å². The van der Waals surface area contributed by atoms with Crippen molar-refractivity contribution in [3.63, 3.8) is 0 Å². The van der Waals surface area contributed by atoms with Crippen molar-refractivity contribution >= 4 is 0 Å². The van der Waals surface area contributed by atoms with E-state index in [0.29, 0.717) is 0 Å². The van der Waals surface area contributed by atoms with Crippen LogP contribution in [-0.2, 0) is 0 Å². The maximum absolute atomic E-state index is 3.75. The molecule has 0 spiro atoms. The van der Waals surface area contributed by atoms with Crippen LogP contribution in [0.25, 0.3) is 0 Å². The molecule has 1 unspecified atom stereocenters. The van der Waals surface area contributed by atoms with Crippen LogP contribution in [0.3, 0.4) is 0 Å². The molecule has 2 rings (SSSR count). The van der Waals surface area contributed by atoms with Gasteiger partial charge in [0.05, 0.1) is 0 Å². The predicted molar refractivity (Wildman–Crippen MR) is 83.4 cm³/mol. The molecule has 1 saturated carbocycles. The molecule has 2 heteroatoms. The molecule has 2 aliphatic rings. The molecular weight excluding hydrogens is 232 g/mol. The molecule has 19 heavy (non-hydrogen) atoms. The Hall–Kier alpha value is -0.0800. The Morgan fingerprint density at radius 2 is 1.89 bits per heavy atom. The molecule has 1 saturated heterocycles. The van der Waals surface area contributed by atoms with Crippen LogP contribution in [0.15, 0.2) is 0 Å². The Kier molecular flexibility index (Phi) is 6.15. The summed E-state index contributed by atoms with van der Waals surface area (Å²) in [5, 5.41) is 3.75. The highest BCUT2D eigenvalue weighted by atomic mass is 15.2. The zero-order valence-electron chi connectivity index (χ0n) is 13.3. The number of hydrogen-bond donors (Lipinski definition) is 1. The van der Waals surface area contributed by atoms with E-state index in [1.807, 2.05) is 0 Å². The molecule has 2 nitrogen and oxygen atoms in total. The largest absolute Gasteiger partial charge is 0.313 e. The third kappa shape index (κ3) is 5.43. The van der Waals surface area contributed by atoms with E-state index in [0.717, 1.165) is 23.8 Å². The van der Waals surface area contributed by atoms with Crippen molar-refractivity contribution in [2.75, 3.05) is 26.2 Å². The minimum absolute atomic E-state index is 0.727. The molecule has 1 aliphatic heterocycles. The number of hydrogen-bond acceptors (Lipinski definition) is 2. The summed E-state index contributed by atoms with van der Waals surface area (Å²) < 4.78 is 0. The highest BCUT2D eigenvalue weighted by molar-refractivity contribution is 4.80. The second kappa shape index (κ2) is 7.64. The minimum atomic E-state index is 0.727. The van der Waals surface area contributed by atoms with Gasteiger partial charge in [-0.1, -0.05) is 33.6 Å². The molecule has 0 aromatic heterocycles. The molecule has 0 bridgehead atoms. The smallest absolute Gasteiger partial charge is 0.0197 e. The van der Waals surface area contributed by atoms with E-state index < -0.39 is 0 Å². The third-order valence-electron chi connectivity index (χ3n) is 4.97. The van der Waals surface area contributed by atoms with Gasteiger partial charge in [0.2, 0.25) is 0 Å². The van der Waals surface area contributed by atoms with Gasteiger partial charge in [-0.15, -0.1) is 0 Å². The standard InChI is InChI=1S/C17H34N2/c1-14(2)11-17-13-19(10-4-9-18-17)12-16-7-5-15(3)6-8-16/h14-18H,4-13H2,1-3H3. The topological polar surface area (TPSA) is 15.3 Å². The Morgan fingerprint density at radius 1 is 1.16 bits per heavy atom.